The summed E-state index contributed by atoms with van der Waals surface area (Å²) in [6, 6.07) is 5.96. The lowest BCUT2D eigenvalue weighted by Gasteiger charge is -2.06. The van der Waals surface area contributed by atoms with Gasteiger partial charge in [-0.15, -0.1) is 0 Å². The number of hydrazone groups is 1. The first kappa shape index (κ1) is 17.3. The number of non-ortho nitro benzene ring substituents is 1. The zero-order chi connectivity index (χ0) is 17.5. The molecule has 0 aliphatic rings. The van der Waals surface area contributed by atoms with Crippen LogP contribution in [0.15, 0.2) is 34.2 Å². The van der Waals surface area contributed by atoms with E-state index in [4.69, 9.17) is 0 Å². The average molecular weight is 329 g/mol. The number of nitrogens with one attached hydrogen (secondary N) is 2. The Morgan fingerprint density at radius 1 is 1.38 bits per heavy atom. The summed E-state index contributed by atoms with van der Waals surface area (Å²) in [7, 11) is 0. The van der Waals surface area contributed by atoms with Gasteiger partial charge < -0.3 is 0 Å². The van der Waals surface area contributed by atoms with Crippen molar-refractivity contribution in [1.82, 2.24) is 9.97 Å². The van der Waals surface area contributed by atoms with Crippen LogP contribution in [0.5, 0.6) is 0 Å². The van der Waals surface area contributed by atoms with Gasteiger partial charge in [-0.3, -0.25) is 19.9 Å². The molecular weight excluding hydrogens is 310 g/mol. The summed E-state index contributed by atoms with van der Waals surface area (Å²) in [5, 5.41) is 14.6. The number of unbranched alkanes of at least 4 members (excludes halogenated alkanes) is 1. The highest BCUT2D eigenvalue weighted by molar-refractivity contribution is 5.80. The quantitative estimate of drug-likeness (QED) is 0.460. The van der Waals surface area contributed by atoms with Crippen molar-refractivity contribution >= 4 is 17.9 Å². The molecule has 2 N–H and O–H groups in total. The van der Waals surface area contributed by atoms with E-state index >= 15 is 0 Å². The van der Waals surface area contributed by atoms with E-state index in [1.54, 1.807) is 19.1 Å². The van der Waals surface area contributed by atoms with E-state index in [-0.39, 0.29) is 17.2 Å². The van der Waals surface area contributed by atoms with Crippen LogP contribution < -0.4 is 11.0 Å². The Kier molecular flexibility index (Phi) is 5.78. The monoisotopic (exact) mass is 329 g/mol. The van der Waals surface area contributed by atoms with Gasteiger partial charge in [0.2, 0.25) is 5.95 Å². The van der Waals surface area contributed by atoms with Gasteiger partial charge in [0.1, 0.15) is 0 Å². The van der Waals surface area contributed by atoms with E-state index in [0.29, 0.717) is 23.2 Å². The van der Waals surface area contributed by atoms with Crippen molar-refractivity contribution in [1.29, 1.82) is 0 Å². The number of nitro groups is 1. The average Bonchev–Trinajstić information content (AvgIpc) is 2.54. The first-order chi connectivity index (χ1) is 11.5. The van der Waals surface area contributed by atoms with E-state index in [0.717, 1.165) is 12.8 Å². The number of H-pyrrole nitrogens is 1. The summed E-state index contributed by atoms with van der Waals surface area (Å²) in [4.78, 5) is 29.1. The van der Waals surface area contributed by atoms with Crippen LogP contribution in [-0.4, -0.2) is 21.1 Å². The number of aryl methyl sites for hydroxylation is 1. The molecule has 0 spiro atoms. The van der Waals surface area contributed by atoms with Crippen LogP contribution in [0.1, 0.15) is 36.6 Å². The van der Waals surface area contributed by atoms with Crippen LogP contribution in [0.3, 0.4) is 0 Å². The number of rotatable bonds is 7. The van der Waals surface area contributed by atoms with Gasteiger partial charge in [0.05, 0.1) is 11.1 Å². The Hall–Kier alpha value is -3.03. The highest BCUT2D eigenvalue weighted by atomic mass is 16.6. The maximum Gasteiger partial charge on any atom is 0.269 e. The third-order valence-corrected chi connectivity index (χ3v) is 3.49. The smallest absolute Gasteiger partial charge is 0.269 e. The van der Waals surface area contributed by atoms with Crippen molar-refractivity contribution in [3.8, 4) is 0 Å². The number of anilines is 1. The lowest BCUT2D eigenvalue weighted by molar-refractivity contribution is -0.384. The number of aromatic nitrogens is 2. The number of hydrogen-bond donors (Lipinski definition) is 2. The van der Waals surface area contributed by atoms with Crippen molar-refractivity contribution in [2.45, 2.75) is 33.1 Å². The minimum Gasteiger partial charge on any atom is -0.291 e. The molecule has 1 aromatic heterocycles. The predicted molar refractivity (Wildman–Crippen MR) is 92.5 cm³/mol. The third-order valence-electron chi connectivity index (χ3n) is 3.49. The number of nitro benzene ring substituents is 1. The molecule has 0 aliphatic heterocycles. The van der Waals surface area contributed by atoms with Gasteiger partial charge in [0.15, 0.2) is 0 Å². The van der Waals surface area contributed by atoms with Gasteiger partial charge >= 0.3 is 0 Å². The molecule has 0 aliphatic carbocycles. The van der Waals surface area contributed by atoms with Crippen LogP contribution >= 0.6 is 0 Å². The number of aromatic amines is 1. The molecule has 0 saturated heterocycles. The van der Waals surface area contributed by atoms with E-state index in [9.17, 15) is 14.9 Å². The molecule has 1 aromatic carbocycles. The second-order valence-electron chi connectivity index (χ2n) is 5.30. The predicted octanol–water partition coefficient (Wildman–Crippen LogP) is 2.78. The van der Waals surface area contributed by atoms with Crippen LogP contribution in [0, 0.1) is 17.0 Å². The number of benzene rings is 1. The largest absolute Gasteiger partial charge is 0.291 e. The summed E-state index contributed by atoms with van der Waals surface area (Å²) >= 11 is 0. The molecule has 126 valence electrons. The van der Waals surface area contributed by atoms with Crippen LogP contribution in [0.4, 0.5) is 11.6 Å². The molecule has 0 unspecified atom stereocenters. The maximum atomic E-state index is 12.0. The first-order valence-electron chi connectivity index (χ1n) is 7.64. The Balaban J connectivity index is 2.06. The normalized spacial score (nSPS) is 10.9. The molecular formula is C16H19N5O3. The van der Waals surface area contributed by atoms with Crippen LogP contribution in [-0.2, 0) is 6.42 Å². The Morgan fingerprint density at radius 3 is 2.67 bits per heavy atom. The van der Waals surface area contributed by atoms with Crippen molar-refractivity contribution in [3.63, 3.8) is 0 Å². The fourth-order valence-electron chi connectivity index (χ4n) is 2.16. The third kappa shape index (κ3) is 4.48. The fourth-order valence-corrected chi connectivity index (χ4v) is 2.16. The Bertz CT molecular complexity index is 796. The van der Waals surface area contributed by atoms with Gasteiger partial charge in [0.25, 0.3) is 11.2 Å². The molecule has 1 heterocycles. The molecule has 0 amide bonds. The first-order valence-corrected chi connectivity index (χ1v) is 7.64. The molecule has 0 bridgehead atoms. The van der Waals surface area contributed by atoms with Crippen molar-refractivity contribution < 1.29 is 4.92 Å². The fraction of sp³-hybridized carbons (Fsp3) is 0.312. The zero-order valence-electron chi connectivity index (χ0n) is 13.6. The highest BCUT2D eigenvalue weighted by Gasteiger charge is 2.07. The number of hydrogen-bond acceptors (Lipinski definition) is 6. The Morgan fingerprint density at radius 2 is 2.08 bits per heavy atom. The SMILES string of the molecule is CCCCc1c(C)nc(NN=Cc2ccc([N+](=O)[O-])cc2)[nH]c1=O. The van der Waals surface area contributed by atoms with E-state index in [1.165, 1.54) is 18.3 Å². The maximum absolute atomic E-state index is 12.0. The van der Waals surface area contributed by atoms with Crippen molar-refractivity contribution in [2.75, 3.05) is 5.43 Å². The summed E-state index contributed by atoms with van der Waals surface area (Å²) in [6.45, 7) is 3.87. The minimum absolute atomic E-state index is 0.0180. The molecule has 0 radical (unpaired) electrons. The van der Waals surface area contributed by atoms with Gasteiger partial charge in [-0.05, 0) is 37.5 Å². The lowest BCUT2D eigenvalue weighted by atomic mass is 10.1. The lowest BCUT2D eigenvalue weighted by Crippen LogP contribution is -2.18. The van der Waals surface area contributed by atoms with Crippen LogP contribution in [0.2, 0.25) is 0 Å². The standard InChI is InChI=1S/C16H19N5O3/c1-3-4-5-14-11(2)18-16(19-15(14)22)20-17-10-12-6-8-13(9-7-12)21(23)24/h6-10H,3-5H2,1-2H3,(H2,18,19,20,22). The van der Waals surface area contributed by atoms with E-state index in [2.05, 4.69) is 27.4 Å². The van der Waals surface area contributed by atoms with E-state index < -0.39 is 4.92 Å². The van der Waals surface area contributed by atoms with E-state index in [1.807, 2.05) is 0 Å². The summed E-state index contributed by atoms with van der Waals surface area (Å²) < 4.78 is 0. The molecule has 2 rings (SSSR count). The van der Waals surface area contributed by atoms with Crippen LogP contribution in [0.25, 0.3) is 0 Å². The Labute approximate surface area is 138 Å². The van der Waals surface area contributed by atoms with Gasteiger partial charge in [-0.25, -0.2) is 10.4 Å². The molecule has 0 fully saturated rings. The topological polar surface area (TPSA) is 113 Å². The second kappa shape index (κ2) is 8.00. The van der Waals surface area contributed by atoms with Crippen molar-refractivity contribution in [2.24, 2.45) is 5.10 Å². The molecule has 8 heteroatoms. The second-order valence-corrected chi connectivity index (χ2v) is 5.30. The summed E-state index contributed by atoms with van der Waals surface area (Å²) in [5.74, 6) is 0.260. The molecule has 24 heavy (non-hydrogen) atoms. The van der Waals surface area contributed by atoms with Gasteiger partial charge in [-0.1, -0.05) is 13.3 Å². The summed E-state index contributed by atoms with van der Waals surface area (Å²) in [6.07, 6.45) is 4.15. The highest BCUT2D eigenvalue weighted by Crippen LogP contribution is 2.11. The minimum atomic E-state index is -0.462. The molecule has 0 atom stereocenters. The molecule has 2 aromatic rings. The summed E-state index contributed by atoms with van der Waals surface area (Å²) in [5.41, 5.74) is 4.58. The zero-order valence-corrected chi connectivity index (χ0v) is 13.6. The van der Waals surface area contributed by atoms with Gasteiger partial charge in [0, 0.05) is 23.4 Å². The molecule has 8 nitrogen and oxygen atoms in total. The van der Waals surface area contributed by atoms with Crippen molar-refractivity contribution in [3.05, 3.63) is 61.6 Å². The molecule has 0 saturated carbocycles. The van der Waals surface area contributed by atoms with Gasteiger partial charge in [-0.2, -0.15) is 5.10 Å². The number of nitrogens with zero attached hydrogens (tertiary/aromatic N) is 3.